The monoisotopic (exact) mass is 489 g/mol. The van der Waals surface area contributed by atoms with E-state index in [2.05, 4.69) is 54.8 Å². The van der Waals surface area contributed by atoms with Crippen molar-refractivity contribution in [1.29, 1.82) is 0 Å². The third-order valence-electron chi connectivity index (χ3n) is 8.14. The van der Waals surface area contributed by atoms with Gasteiger partial charge in [-0.3, -0.25) is 9.69 Å². The lowest BCUT2D eigenvalue weighted by atomic mass is 9.85. The standard InChI is InChI=1S/C29H35N3O4/c1-18-10-15-23-24(31(18)29(34)36-4)16-17-25-26(23)30-27(19(2)20-8-6-5-7-9-20)32(25)22-13-11-21(12-14-22)28(33)35-3/h5-9,16-19,21-22H,10-15H2,1-4H3/t18-,19?,21?,22?/m0/s1. The summed E-state index contributed by atoms with van der Waals surface area (Å²) in [6, 6.07) is 15.0. The number of ether oxygens (including phenoxy) is 2. The van der Waals surface area contributed by atoms with Crippen LogP contribution >= 0.6 is 0 Å². The zero-order valence-corrected chi connectivity index (χ0v) is 21.6. The molecule has 0 spiro atoms. The number of anilines is 1. The number of benzene rings is 2. The van der Waals surface area contributed by atoms with E-state index in [1.54, 1.807) is 4.90 Å². The minimum Gasteiger partial charge on any atom is -0.469 e. The van der Waals surface area contributed by atoms with Crippen molar-refractivity contribution in [3.05, 3.63) is 59.4 Å². The Hall–Kier alpha value is -3.35. The number of aryl methyl sites for hydroxylation is 1. The molecule has 190 valence electrons. The summed E-state index contributed by atoms with van der Waals surface area (Å²) in [5.41, 5.74) is 5.30. The van der Waals surface area contributed by atoms with Gasteiger partial charge in [-0.1, -0.05) is 37.3 Å². The summed E-state index contributed by atoms with van der Waals surface area (Å²) >= 11 is 0. The molecule has 0 bridgehead atoms. The third kappa shape index (κ3) is 4.14. The number of carbonyl (C=O) groups excluding carboxylic acids is 2. The Morgan fingerprint density at radius 3 is 2.36 bits per heavy atom. The van der Waals surface area contributed by atoms with Gasteiger partial charge in [0.1, 0.15) is 5.82 Å². The van der Waals surface area contributed by atoms with Crippen LogP contribution in [-0.2, 0) is 20.7 Å². The van der Waals surface area contributed by atoms with E-state index in [9.17, 15) is 9.59 Å². The van der Waals surface area contributed by atoms with Crippen LogP contribution in [0.15, 0.2) is 42.5 Å². The molecule has 3 aromatic rings. The summed E-state index contributed by atoms with van der Waals surface area (Å²) in [6.07, 6.45) is 4.84. The van der Waals surface area contributed by atoms with Crippen LogP contribution in [0.4, 0.5) is 10.5 Å². The highest BCUT2D eigenvalue weighted by Gasteiger charge is 2.34. The van der Waals surface area contributed by atoms with Crippen LogP contribution in [0, 0.1) is 5.92 Å². The van der Waals surface area contributed by atoms with Gasteiger partial charge in [0.05, 0.1) is 36.9 Å². The summed E-state index contributed by atoms with van der Waals surface area (Å²) in [4.78, 5) is 31.8. The Kier molecular flexibility index (Phi) is 6.73. The van der Waals surface area contributed by atoms with Crippen LogP contribution in [-0.4, -0.2) is 41.9 Å². The highest BCUT2D eigenvalue weighted by molar-refractivity contribution is 5.95. The summed E-state index contributed by atoms with van der Waals surface area (Å²) in [7, 11) is 2.90. The van der Waals surface area contributed by atoms with E-state index in [0.29, 0.717) is 0 Å². The lowest BCUT2D eigenvalue weighted by molar-refractivity contribution is -0.146. The van der Waals surface area contributed by atoms with E-state index in [4.69, 9.17) is 14.5 Å². The highest BCUT2D eigenvalue weighted by Crippen LogP contribution is 2.42. The molecule has 1 unspecified atom stereocenters. The molecule has 1 saturated carbocycles. The second-order valence-electron chi connectivity index (χ2n) is 10.2. The molecule has 2 aromatic carbocycles. The van der Waals surface area contributed by atoms with Crippen LogP contribution in [0.2, 0.25) is 0 Å². The number of hydrogen-bond donors (Lipinski definition) is 0. The number of aromatic nitrogens is 2. The summed E-state index contributed by atoms with van der Waals surface area (Å²) in [5.74, 6) is 1.01. The number of hydrogen-bond acceptors (Lipinski definition) is 5. The molecule has 1 aromatic heterocycles. The first-order valence-corrected chi connectivity index (χ1v) is 13.0. The largest absolute Gasteiger partial charge is 0.469 e. The fourth-order valence-electron chi connectivity index (χ4n) is 6.11. The van der Waals surface area contributed by atoms with Crippen molar-refractivity contribution in [3.63, 3.8) is 0 Å². The van der Waals surface area contributed by atoms with Crippen molar-refractivity contribution >= 4 is 28.8 Å². The van der Waals surface area contributed by atoms with Gasteiger partial charge < -0.3 is 14.0 Å². The molecule has 0 radical (unpaired) electrons. The summed E-state index contributed by atoms with van der Waals surface area (Å²) in [5, 5.41) is 0. The first kappa shape index (κ1) is 24.3. The van der Waals surface area contributed by atoms with Gasteiger partial charge in [0.2, 0.25) is 0 Å². The number of carbonyl (C=O) groups is 2. The fraction of sp³-hybridized carbons (Fsp3) is 0.483. The lowest BCUT2D eigenvalue weighted by Gasteiger charge is -2.34. The number of fused-ring (bicyclic) bond motifs is 3. The van der Waals surface area contributed by atoms with Gasteiger partial charge >= 0.3 is 12.1 Å². The van der Waals surface area contributed by atoms with E-state index in [-0.39, 0.29) is 36.0 Å². The van der Waals surface area contributed by atoms with Gasteiger partial charge in [-0.15, -0.1) is 0 Å². The number of imidazole rings is 1. The molecule has 0 saturated heterocycles. The molecule has 2 atom stereocenters. The highest BCUT2D eigenvalue weighted by atomic mass is 16.5. The Morgan fingerprint density at radius 2 is 1.69 bits per heavy atom. The van der Waals surface area contributed by atoms with Crippen molar-refractivity contribution in [3.8, 4) is 0 Å². The summed E-state index contributed by atoms with van der Waals surface area (Å²) in [6.45, 7) is 4.27. The van der Waals surface area contributed by atoms with Crippen LogP contribution in [0.1, 0.15) is 74.9 Å². The second-order valence-corrected chi connectivity index (χ2v) is 10.2. The molecule has 1 fully saturated rings. The van der Waals surface area contributed by atoms with Gasteiger partial charge in [-0.05, 0) is 63.1 Å². The molecule has 1 aliphatic carbocycles. The molecule has 5 rings (SSSR count). The van der Waals surface area contributed by atoms with E-state index in [1.165, 1.54) is 19.8 Å². The topological polar surface area (TPSA) is 73.7 Å². The Labute approximate surface area is 212 Å². The first-order chi connectivity index (χ1) is 17.4. The SMILES string of the molecule is COC(=O)C1CCC(n2c(C(C)c3ccccc3)nc3c4c(ccc32)N(C(=O)OC)[C@@H](C)CC4)CC1. The molecule has 36 heavy (non-hydrogen) atoms. The maximum Gasteiger partial charge on any atom is 0.414 e. The van der Waals surface area contributed by atoms with Crippen LogP contribution in [0.5, 0.6) is 0 Å². The minimum atomic E-state index is -0.332. The first-order valence-electron chi connectivity index (χ1n) is 13.0. The molecule has 1 amide bonds. The van der Waals surface area contributed by atoms with Crippen molar-refractivity contribution < 1.29 is 19.1 Å². The molecule has 7 heteroatoms. The molecule has 2 heterocycles. The zero-order valence-electron chi connectivity index (χ0n) is 21.6. The predicted molar refractivity (Wildman–Crippen MR) is 139 cm³/mol. The molecular weight excluding hydrogens is 454 g/mol. The Morgan fingerprint density at radius 1 is 0.972 bits per heavy atom. The van der Waals surface area contributed by atoms with Gasteiger partial charge in [-0.2, -0.15) is 0 Å². The van der Waals surface area contributed by atoms with Gasteiger partial charge in [0.25, 0.3) is 0 Å². The summed E-state index contributed by atoms with van der Waals surface area (Å²) < 4.78 is 12.5. The smallest absolute Gasteiger partial charge is 0.414 e. The number of methoxy groups -OCH3 is 2. The van der Waals surface area contributed by atoms with Crippen molar-refractivity contribution in [2.45, 2.75) is 70.4 Å². The van der Waals surface area contributed by atoms with Crippen molar-refractivity contribution in [2.75, 3.05) is 19.1 Å². The maximum absolute atomic E-state index is 12.6. The van der Waals surface area contributed by atoms with E-state index < -0.39 is 0 Å². The third-order valence-corrected chi connectivity index (χ3v) is 8.14. The van der Waals surface area contributed by atoms with Crippen LogP contribution in [0.3, 0.4) is 0 Å². The van der Waals surface area contributed by atoms with Crippen LogP contribution < -0.4 is 4.90 Å². The molecule has 1 aliphatic heterocycles. The fourth-order valence-corrected chi connectivity index (χ4v) is 6.11. The number of nitrogens with zero attached hydrogens (tertiary/aromatic N) is 3. The van der Waals surface area contributed by atoms with E-state index in [0.717, 1.165) is 66.6 Å². The van der Waals surface area contributed by atoms with E-state index in [1.807, 2.05) is 6.07 Å². The maximum atomic E-state index is 12.6. The molecule has 0 N–H and O–H groups in total. The number of rotatable bonds is 4. The van der Waals surface area contributed by atoms with Gasteiger partial charge in [-0.25, -0.2) is 9.78 Å². The quantitative estimate of drug-likeness (QED) is 0.420. The zero-order chi connectivity index (χ0) is 25.4. The predicted octanol–water partition coefficient (Wildman–Crippen LogP) is 6.00. The Balaban J connectivity index is 1.63. The second kappa shape index (κ2) is 9.96. The molecular formula is C29H35N3O4. The molecule has 7 nitrogen and oxygen atoms in total. The molecule has 2 aliphatic rings. The number of esters is 1. The van der Waals surface area contributed by atoms with Gasteiger partial charge in [0.15, 0.2) is 0 Å². The van der Waals surface area contributed by atoms with Crippen molar-refractivity contribution in [1.82, 2.24) is 9.55 Å². The van der Waals surface area contributed by atoms with Gasteiger partial charge in [0, 0.05) is 23.6 Å². The van der Waals surface area contributed by atoms with Crippen molar-refractivity contribution in [2.24, 2.45) is 5.92 Å². The van der Waals surface area contributed by atoms with Crippen LogP contribution in [0.25, 0.3) is 11.0 Å². The minimum absolute atomic E-state index is 0.0288. The average molecular weight is 490 g/mol. The average Bonchev–Trinajstić information content (AvgIpc) is 3.32. The number of amides is 1. The Bertz CT molecular complexity index is 1260. The normalized spacial score (nSPS) is 22.7. The van der Waals surface area contributed by atoms with E-state index >= 15 is 0 Å². The lowest BCUT2D eigenvalue weighted by Crippen LogP contribution is -2.42.